The van der Waals surface area contributed by atoms with Crippen molar-refractivity contribution in [1.29, 1.82) is 0 Å². The second-order valence-electron chi connectivity index (χ2n) is 7.28. The van der Waals surface area contributed by atoms with Crippen LogP contribution in [0.25, 0.3) is 0 Å². The van der Waals surface area contributed by atoms with E-state index in [-0.39, 0.29) is 5.91 Å². The summed E-state index contributed by atoms with van der Waals surface area (Å²) in [6, 6.07) is 18.1. The molecule has 1 aromatic heterocycles. The van der Waals surface area contributed by atoms with Crippen LogP contribution in [0.15, 0.2) is 67.0 Å². The minimum Gasteiger partial charge on any atom is -0.368 e. The lowest BCUT2D eigenvalue weighted by Gasteiger charge is -2.36. The van der Waals surface area contributed by atoms with Gasteiger partial charge >= 0.3 is 0 Å². The van der Waals surface area contributed by atoms with E-state index in [2.05, 4.69) is 51.0 Å². The normalized spacial score (nSPS) is 14.0. The molecule has 0 atom stereocenters. The fourth-order valence-corrected chi connectivity index (χ4v) is 3.55. The number of anilines is 3. The first-order chi connectivity index (χ1) is 14.1. The van der Waals surface area contributed by atoms with Crippen molar-refractivity contribution in [2.75, 3.05) is 47.9 Å². The van der Waals surface area contributed by atoms with Crippen molar-refractivity contribution in [1.82, 2.24) is 9.97 Å². The maximum atomic E-state index is 12.7. The van der Waals surface area contributed by atoms with Gasteiger partial charge in [-0.3, -0.25) is 4.79 Å². The molecule has 1 saturated heterocycles. The van der Waals surface area contributed by atoms with Crippen LogP contribution >= 0.6 is 0 Å². The summed E-state index contributed by atoms with van der Waals surface area (Å²) < 4.78 is 0. The summed E-state index contributed by atoms with van der Waals surface area (Å²) in [5.74, 6) is 0.555. The Morgan fingerprint density at radius 1 is 0.897 bits per heavy atom. The maximum Gasteiger partial charge on any atom is 0.261 e. The van der Waals surface area contributed by atoms with Crippen molar-refractivity contribution in [2.24, 2.45) is 0 Å². The number of nitrogens with zero attached hydrogens (tertiary/aromatic N) is 5. The quantitative estimate of drug-likeness (QED) is 0.687. The molecule has 1 aliphatic rings. The van der Waals surface area contributed by atoms with Crippen molar-refractivity contribution in [2.45, 2.75) is 6.92 Å². The molecule has 0 spiro atoms. The Morgan fingerprint density at radius 2 is 1.55 bits per heavy atom. The average molecular weight is 387 g/mol. The molecule has 6 heteroatoms. The molecule has 29 heavy (non-hydrogen) atoms. The van der Waals surface area contributed by atoms with Crippen molar-refractivity contribution in [3.63, 3.8) is 0 Å². The monoisotopic (exact) mass is 387 g/mol. The van der Waals surface area contributed by atoms with Gasteiger partial charge in [-0.15, -0.1) is 0 Å². The predicted octanol–water partition coefficient (Wildman–Crippen LogP) is 3.39. The molecule has 0 N–H and O–H groups in total. The zero-order valence-electron chi connectivity index (χ0n) is 16.8. The SMILES string of the molecule is Cc1cccc(N2CCN(c3ncc(C(=O)N(C)c4ccccc4)cn3)CC2)c1. The predicted molar refractivity (Wildman–Crippen MR) is 117 cm³/mol. The molecule has 6 nitrogen and oxygen atoms in total. The molecule has 1 amide bonds. The largest absolute Gasteiger partial charge is 0.368 e. The van der Waals surface area contributed by atoms with E-state index in [1.807, 2.05) is 30.3 Å². The summed E-state index contributed by atoms with van der Waals surface area (Å²) >= 11 is 0. The second-order valence-corrected chi connectivity index (χ2v) is 7.28. The van der Waals surface area contributed by atoms with E-state index in [9.17, 15) is 4.79 Å². The molecule has 1 fully saturated rings. The fourth-order valence-electron chi connectivity index (χ4n) is 3.55. The third-order valence-corrected chi connectivity index (χ3v) is 5.26. The molecular weight excluding hydrogens is 362 g/mol. The molecule has 1 aliphatic heterocycles. The summed E-state index contributed by atoms with van der Waals surface area (Å²) in [5.41, 5.74) is 3.86. The molecule has 4 rings (SSSR count). The number of piperazine rings is 1. The number of benzene rings is 2. The Labute approximate surface area is 171 Å². The van der Waals surface area contributed by atoms with Gasteiger partial charge in [0.1, 0.15) is 0 Å². The molecular formula is C23H25N5O. The van der Waals surface area contributed by atoms with E-state index in [1.54, 1.807) is 24.3 Å². The standard InChI is InChI=1S/C23H25N5O/c1-18-7-6-10-21(15-18)27-11-13-28(14-12-27)23-24-16-19(17-25-23)22(29)26(2)20-8-4-3-5-9-20/h3-10,15-17H,11-14H2,1-2H3. The molecule has 0 saturated carbocycles. The summed E-state index contributed by atoms with van der Waals surface area (Å²) in [6.45, 7) is 5.66. The van der Waals surface area contributed by atoms with E-state index in [0.29, 0.717) is 11.5 Å². The first-order valence-electron chi connectivity index (χ1n) is 9.83. The van der Waals surface area contributed by atoms with Gasteiger partial charge in [-0.25, -0.2) is 9.97 Å². The van der Waals surface area contributed by atoms with Crippen LogP contribution < -0.4 is 14.7 Å². The number of amides is 1. The van der Waals surface area contributed by atoms with Gasteiger partial charge in [0.25, 0.3) is 5.91 Å². The Hall–Kier alpha value is -3.41. The van der Waals surface area contributed by atoms with Gasteiger partial charge in [-0.1, -0.05) is 30.3 Å². The van der Waals surface area contributed by atoms with Crippen LogP contribution in [0.2, 0.25) is 0 Å². The zero-order valence-corrected chi connectivity index (χ0v) is 16.8. The molecule has 0 unspecified atom stereocenters. The highest BCUT2D eigenvalue weighted by Crippen LogP contribution is 2.20. The van der Waals surface area contributed by atoms with Crippen molar-refractivity contribution in [3.05, 3.63) is 78.1 Å². The number of aryl methyl sites for hydroxylation is 1. The van der Waals surface area contributed by atoms with Crippen LogP contribution in [0.4, 0.5) is 17.3 Å². The van der Waals surface area contributed by atoms with Crippen molar-refractivity contribution in [3.8, 4) is 0 Å². The van der Waals surface area contributed by atoms with Gasteiger partial charge in [0.2, 0.25) is 5.95 Å². The number of carbonyl (C=O) groups excluding carboxylic acids is 1. The van der Waals surface area contributed by atoms with Crippen LogP contribution in [0.3, 0.4) is 0 Å². The van der Waals surface area contributed by atoms with Gasteiger partial charge < -0.3 is 14.7 Å². The van der Waals surface area contributed by atoms with Crippen LogP contribution in [-0.2, 0) is 0 Å². The lowest BCUT2D eigenvalue weighted by atomic mass is 10.2. The number of aromatic nitrogens is 2. The van der Waals surface area contributed by atoms with Gasteiger partial charge in [0.05, 0.1) is 5.56 Å². The zero-order chi connectivity index (χ0) is 20.2. The molecule has 2 heterocycles. The van der Waals surface area contributed by atoms with Gasteiger partial charge in [0.15, 0.2) is 0 Å². The molecule has 2 aromatic carbocycles. The minimum absolute atomic E-state index is 0.119. The highest BCUT2D eigenvalue weighted by atomic mass is 16.2. The van der Waals surface area contributed by atoms with Crippen LogP contribution in [0.5, 0.6) is 0 Å². The van der Waals surface area contributed by atoms with E-state index >= 15 is 0 Å². The van der Waals surface area contributed by atoms with Gasteiger partial charge in [-0.2, -0.15) is 0 Å². The van der Waals surface area contributed by atoms with Gasteiger partial charge in [-0.05, 0) is 36.8 Å². The number of hydrogen-bond acceptors (Lipinski definition) is 5. The van der Waals surface area contributed by atoms with E-state index in [4.69, 9.17) is 0 Å². The highest BCUT2D eigenvalue weighted by molar-refractivity contribution is 6.05. The maximum absolute atomic E-state index is 12.7. The summed E-state index contributed by atoms with van der Waals surface area (Å²) in [6.07, 6.45) is 3.24. The minimum atomic E-state index is -0.119. The number of carbonyl (C=O) groups is 1. The Morgan fingerprint density at radius 3 is 2.21 bits per heavy atom. The summed E-state index contributed by atoms with van der Waals surface area (Å²) in [5, 5.41) is 0. The van der Waals surface area contributed by atoms with Crippen molar-refractivity contribution < 1.29 is 4.79 Å². The van der Waals surface area contributed by atoms with Gasteiger partial charge in [0, 0.05) is 57.0 Å². The third-order valence-electron chi connectivity index (χ3n) is 5.26. The smallest absolute Gasteiger partial charge is 0.261 e. The molecule has 0 aliphatic carbocycles. The van der Waals surface area contributed by atoms with Crippen LogP contribution in [0.1, 0.15) is 15.9 Å². The molecule has 0 bridgehead atoms. The first kappa shape index (κ1) is 18.9. The number of hydrogen-bond donors (Lipinski definition) is 0. The van der Waals surface area contributed by atoms with Crippen LogP contribution in [0, 0.1) is 6.92 Å². The molecule has 0 radical (unpaired) electrons. The number of para-hydroxylation sites is 1. The number of rotatable bonds is 4. The Balaban J connectivity index is 1.39. The first-order valence-corrected chi connectivity index (χ1v) is 9.83. The third kappa shape index (κ3) is 4.21. The second kappa shape index (κ2) is 8.31. The summed E-state index contributed by atoms with van der Waals surface area (Å²) in [4.78, 5) is 27.8. The fraction of sp³-hybridized carbons (Fsp3) is 0.261. The van der Waals surface area contributed by atoms with E-state index in [1.165, 1.54) is 11.3 Å². The summed E-state index contributed by atoms with van der Waals surface area (Å²) in [7, 11) is 1.76. The lowest BCUT2D eigenvalue weighted by molar-refractivity contribution is 0.0992. The van der Waals surface area contributed by atoms with Crippen molar-refractivity contribution >= 4 is 23.2 Å². The van der Waals surface area contributed by atoms with E-state index < -0.39 is 0 Å². The molecule has 3 aromatic rings. The average Bonchev–Trinajstić information content (AvgIpc) is 2.79. The van der Waals surface area contributed by atoms with E-state index in [0.717, 1.165) is 31.9 Å². The van der Waals surface area contributed by atoms with Crippen LogP contribution in [-0.4, -0.2) is 49.1 Å². The Bertz CT molecular complexity index is 966. The molecule has 148 valence electrons. The Kier molecular flexibility index (Phi) is 5.42. The highest BCUT2D eigenvalue weighted by Gasteiger charge is 2.20. The topological polar surface area (TPSA) is 52.6 Å². The lowest BCUT2D eigenvalue weighted by Crippen LogP contribution is -2.47.